The monoisotopic (exact) mass is 238 g/mol. The molecule has 6 nitrogen and oxygen atoms in total. The van der Waals surface area contributed by atoms with Gasteiger partial charge in [0, 0.05) is 0 Å². The molecule has 0 atom stereocenters. The van der Waals surface area contributed by atoms with Gasteiger partial charge < -0.3 is 20.1 Å². The predicted octanol–water partition coefficient (Wildman–Crippen LogP) is 2.12. The summed E-state index contributed by atoms with van der Waals surface area (Å²) in [7, 11) is 0. The van der Waals surface area contributed by atoms with Crippen molar-refractivity contribution < 1.29 is 23.6 Å². The Labute approximate surface area is 94.4 Å². The smallest absolute Gasteiger partial charge is 0.449 e. The quantitative estimate of drug-likeness (QED) is 0.777. The zero-order valence-electron chi connectivity index (χ0n) is 8.38. The molecule has 3 N–H and O–H groups in total. The molecule has 1 heterocycles. The summed E-state index contributed by atoms with van der Waals surface area (Å²) in [6.07, 6.45) is -1.54. The van der Waals surface area contributed by atoms with E-state index in [0.29, 0.717) is 5.56 Å². The molecule has 0 saturated heterocycles. The highest BCUT2D eigenvalue weighted by Gasteiger charge is 2.19. The second-order valence-electron chi connectivity index (χ2n) is 3.10. The third-order valence-electron chi connectivity index (χ3n) is 2.00. The van der Waals surface area contributed by atoms with Gasteiger partial charge in [-0.3, -0.25) is 0 Å². The van der Waals surface area contributed by atoms with Crippen molar-refractivity contribution in [2.24, 2.45) is 0 Å². The maximum Gasteiger partial charge on any atom is 0.512 e. The summed E-state index contributed by atoms with van der Waals surface area (Å²) >= 11 is 0. The van der Waals surface area contributed by atoms with Gasteiger partial charge in [-0.25, -0.2) is 9.18 Å². The van der Waals surface area contributed by atoms with Crippen molar-refractivity contribution >= 4 is 12.0 Å². The summed E-state index contributed by atoms with van der Waals surface area (Å²) in [4.78, 5) is 10.4. The molecule has 1 aromatic carbocycles. The lowest BCUT2D eigenvalue weighted by Crippen LogP contribution is -2.04. The van der Waals surface area contributed by atoms with Crippen LogP contribution in [0.25, 0.3) is 11.1 Å². The Balaban J connectivity index is 2.46. The van der Waals surface area contributed by atoms with E-state index in [1.807, 2.05) is 0 Å². The number of rotatable bonds is 2. The summed E-state index contributed by atoms with van der Waals surface area (Å²) in [5.41, 5.74) is 6.11. The fraction of sp³-hybridized carbons (Fsp3) is 0. The van der Waals surface area contributed by atoms with Crippen LogP contribution in [0.4, 0.5) is 15.1 Å². The SMILES string of the molecule is Nc1onc(OC(=O)O)c1-c1ccc(F)cc1. The van der Waals surface area contributed by atoms with E-state index in [9.17, 15) is 9.18 Å². The molecule has 0 spiro atoms. The molecule has 1 aromatic heterocycles. The van der Waals surface area contributed by atoms with Crippen molar-refractivity contribution in [2.45, 2.75) is 0 Å². The highest BCUT2D eigenvalue weighted by Crippen LogP contribution is 2.34. The molecular weight excluding hydrogens is 231 g/mol. The molecule has 0 saturated carbocycles. The summed E-state index contributed by atoms with van der Waals surface area (Å²) < 4.78 is 21.8. The molecule has 88 valence electrons. The maximum absolute atomic E-state index is 12.7. The number of hydrogen-bond acceptors (Lipinski definition) is 5. The molecule has 0 aliphatic rings. The van der Waals surface area contributed by atoms with Crippen LogP contribution in [0.5, 0.6) is 5.88 Å². The van der Waals surface area contributed by atoms with Gasteiger partial charge in [-0.1, -0.05) is 12.1 Å². The average Bonchev–Trinajstić information content (AvgIpc) is 2.61. The summed E-state index contributed by atoms with van der Waals surface area (Å²) in [6, 6.07) is 5.22. The molecule has 0 fully saturated rings. The number of benzene rings is 1. The second kappa shape index (κ2) is 4.12. The van der Waals surface area contributed by atoms with Crippen LogP contribution in [0.15, 0.2) is 28.8 Å². The Morgan fingerprint density at radius 1 is 1.41 bits per heavy atom. The summed E-state index contributed by atoms with van der Waals surface area (Å²) in [5.74, 6) is -0.807. The predicted molar refractivity (Wildman–Crippen MR) is 55.0 cm³/mol. The molecule has 0 amide bonds. The zero-order valence-corrected chi connectivity index (χ0v) is 8.38. The molecule has 2 rings (SSSR count). The van der Waals surface area contributed by atoms with Gasteiger partial charge in [0.15, 0.2) is 0 Å². The van der Waals surface area contributed by atoms with Crippen LogP contribution >= 0.6 is 0 Å². The van der Waals surface area contributed by atoms with Crippen molar-refractivity contribution in [1.82, 2.24) is 5.16 Å². The van der Waals surface area contributed by atoms with Crippen LogP contribution in [0.1, 0.15) is 0 Å². The van der Waals surface area contributed by atoms with E-state index in [1.165, 1.54) is 24.3 Å². The largest absolute Gasteiger partial charge is 0.512 e. The van der Waals surface area contributed by atoms with Crippen molar-refractivity contribution in [2.75, 3.05) is 5.73 Å². The van der Waals surface area contributed by atoms with E-state index < -0.39 is 12.0 Å². The number of ether oxygens (including phenoxy) is 1. The minimum Gasteiger partial charge on any atom is -0.449 e. The number of anilines is 1. The van der Waals surface area contributed by atoms with Gasteiger partial charge in [-0.05, 0) is 22.9 Å². The lowest BCUT2D eigenvalue weighted by atomic mass is 10.1. The fourth-order valence-electron chi connectivity index (χ4n) is 1.32. The van der Waals surface area contributed by atoms with Crippen LogP contribution in [0.2, 0.25) is 0 Å². The van der Waals surface area contributed by atoms with Gasteiger partial charge in [0.2, 0.25) is 5.88 Å². The third-order valence-corrected chi connectivity index (χ3v) is 2.00. The molecule has 17 heavy (non-hydrogen) atoms. The van der Waals surface area contributed by atoms with Crippen LogP contribution < -0.4 is 10.5 Å². The van der Waals surface area contributed by atoms with Gasteiger partial charge in [-0.2, -0.15) is 0 Å². The summed E-state index contributed by atoms with van der Waals surface area (Å²) in [5, 5.41) is 11.8. The van der Waals surface area contributed by atoms with E-state index in [0.717, 1.165) is 0 Å². The van der Waals surface area contributed by atoms with Crippen LogP contribution in [-0.4, -0.2) is 16.4 Å². The minimum atomic E-state index is -1.54. The first-order valence-electron chi connectivity index (χ1n) is 4.50. The molecular formula is C10H7FN2O4. The highest BCUT2D eigenvalue weighted by atomic mass is 19.1. The van der Waals surface area contributed by atoms with Gasteiger partial charge in [0.1, 0.15) is 11.4 Å². The number of nitrogen functional groups attached to an aromatic ring is 1. The number of hydrogen-bond donors (Lipinski definition) is 2. The Morgan fingerprint density at radius 2 is 2.06 bits per heavy atom. The van der Waals surface area contributed by atoms with E-state index in [2.05, 4.69) is 14.4 Å². The Bertz CT molecular complexity index is 550. The number of nitrogens with zero attached hydrogens (tertiary/aromatic N) is 1. The van der Waals surface area contributed by atoms with E-state index >= 15 is 0 Å². The average molecular weight is 238 g/mol. The van der Waals surface area contributed by atoms with E-state index in [1.54, 1.807) is 0 Å². The molecule has 2 aromatic rings. The van der Waals surface area contributed by atoms with Crippen LogP contribution in [0, 0.1) is 5.82 Å². The second-order valence-corrected chi connectivity index (χ2v) is 3.10. The third kappa shape index (κ3) is 2.17. The fourth-order valence-corrected chi connectivity index (χ4v) is 1.32. The maximum atomic E-state index is 12.7. The Kier molecular flexibility index (Phi) is 2.65. The van der Waals surface area contributed by atoms with E-state index in [4.69, 9.17) is 10.8 Å². The Morgan fingerprint density at radius 3 is 2.65 bits per heavy atom. The van der Waals surface area contributed by atoms with Gasteiger partial charge in [0.05, 0.1) is 0 Å². The lowest BCUT2D eigenvalue weighted by Gasteiger charge is -2.00. The van der Waals surface area contributed by atoms with Gasteiger partial charge in [-0.15, -0.1) is 0 Å². The van der Waals surface area contributed by atoms with E-state index in [-0.39, 0.29) is 17.3 Å². The van der Waals surface area contributed by atoms with Crippen LogP contribution in [-0.2, 0) is 0 Å². The molecule has 7 heteroatoms. The van der Waals surface area contributed by atoms with Crippen molar-refractivity contribution in [1.29, 1.82) is 0 Å². The standard InChI is InChI=1S/C10H7FN2O4/c11-6-3-1-5(2-4-6)7-8(12)17-13-9(7)16-10(14)15/h1-4H,12H2,(H,14,15). The first-order chi connectivity index (χ1) is 8.08. The number of carboxylic acid groups (broad SMARTS) is 1. The van der Waals surface area contributed by atoms with Crippen LogP contribution in [0.3, 0.4) is 0 Å². The van der Waals surface area contributed by atoms with Crippen molar-refractivity contribution in [3.05, 3.63) is 30.1 Å². The lowest BCUT2D eigenvalue weighted by molar-refractivity contribution is 0.140. The first kappa shape index (κ1) is 10.9. The number of carbonyl (C=O) groups is 1. The Hall–Kier alpha value is -2.57. The van der Waals surface area contributed by atoms with Crippen molar-refractivity contribution in [3.8, 4) is 17.0 Å². The first-order valence-corrected chi connectivity index (χ1v) is 4.50. The minimum absolute atomic E-state index is 0.104. The zero-order chi connectivity index (χ0) is 12.4. The van der Waals surface area contributed by atoms with Crippen molar-refractivity contribution in [3.63, 3.8) is 0 Å². The summed E-state index contributed by atoms with van der Waals surface area (Å²) in [6.45, 7) is 0. The number of nitrogens with two attached hydrogens (primary N) is 1. The molecule has 0 unspecified atom stereocenters. The normalized spacial score (nSPS) is 10.2. The van der Waals surface area contributed by atoms with Gasteiger partial charge >= 0.3 is 6.16 Å². The molecule has 0 bridgehead atoms. The molecule has 0 radical (unpaired) electrons. The molecule has 0 aliphatic heterocycles. The van der Waals surface area contributed by atoms with Gasteiger partial charge in [0.25, 0.3) is 5.88 Å². The number of aromatic nitrogens is 1. The number of halogens is 1. The topological polar surface area (TPSA) is 98.6 Å². The molecule has 0 aliphatic carbocycles. The highest BCUT2D eigenvalue weighted by molar-refractivity contribution is 5.79.